The number of hydrogen-bond donors (Lipinski definition) is 3. The molecule has 0 radical (unpaired) electrons. The van der Waals surface area contributed by atoms with Crippen molar-refractivity contribution >= 4 is 23.3 Å². The maximum absolute atomic E-state index is 13.1. The van der Waals surface area contributed by atoms with Gasteiger partial charge in [-0.25, -0.2) is 5.01 Å². The zero-order valence-electron chi connectivity index (χ0n) is 14.6. The Balaban J connectivity index is 1.62. The van der Waals surface area contributed by atoms with Crippen molar-refractivity contribution in [2.24, 2.45) is 0 Å². The summed E-state index contributed by atoms with van der Waals surface area (Å²) < 4.78 is 39.3. The van der Waals surface area contributed by atoms with Gasteiger partial charge < -0.3 is 10.3 Å². The fraction of sp³-hybridized carbons (Fsp3) is 0.294. The highest BCUT2D eigenvalue weighted by molar-refractivity contribution is 6.34. The van der Waals surface area contributed by atoms with Crippen LogP contribution >= 0.6 is 11.6 Å². The van der Waals surface area contributed by atoms with Crippen molar-refractivity contribution < 1.29 is 18.0 Å². The molecule has 1 aromatic heterocycles. The highest BCUT2D eigenvalue weighted by Crippen LogP contribution is 2.37. The van der Waals surface area contributed by atoms with E-state index in [1.54, 1.807) is 24.2 Å². The summed E-state index contributed by atoms with van der Waals surface area (Å²) in [7, 11) is 0. The van der Waals surface area contributed by atoms with Crippen LogP contribution in [0.2, 0.25) is 5.02 Å². The Labute approximate surface area is 163 Å². The smallest absolute Gasteiger partial charge is 0.330 e. The lowest BCUT2D eigenvalue weighted by atomic mass is 10.0. The third-order valence-electron chi connectivity index (χ3n) is 4.88. The minimum atomic E-state index is -4.63. The van der Waals surface area contributed by atoms with Gasteiger partial charge in [-0.15, -0.1) is 5.53 Å². The highest BCUT2D eigenvalue weighted by atomic mass is 35.5. The second-order valence-electron chi connectivity index (χ2n) is 6.46. The summed E-state index contributed by atoms with van der Waals surface area (Å²) in [6.07, 6.45) is -2.51. The van der Waals surface area contributed by atoms with Crippen molar-refractivity contribution in [3.8, 4) is 0 Å². The van der Waals surface area contributed by atoms with E-state index in [4.69, 9.17) is 11.6 Å². The summed E-state index contributed by atoms with van der Waals surface area (Å²) in [5.74, 6) is 0.183. The van der Waals surface area contributed by atoms with E-state index < -0.39 is 22.7 Å². The number of halogens is 4. The normalized spacial score (nSPS) is 19.7. The third-order valence-corrected chi connectivity index (χ3v) is 5.29. The van der Waals surface area contributed by atoms with Gasteiger partial charge in [0.1, 0.15) is 5.82 Å². The predicted molar refractivity (Wildman–Crippen MR) is 95.9 cm³/mol. The number of amides is 1. The summed E-state index contributed by atoms with van der Waals surface area (Å²) in [6.45, 7) is 2.14. The molecule has 2 aliphatic rings. The lowest BCUT2D eigenvalue weighted by molar-refractivity contribution is -0.137. The first-order chi connectivity index (χ1) is 13.3. The standard InChI is InChI=1S/C17H16ClF3N6O/c1-9-15-12(27(25-24-15)13-5-7-22-23-13)6-8-26(9)16(28)10-3-2-4-11(14(10)18)17(19,20)21/h2-5,7,9,24-25H,6,8H2,1H3,(H,22,23)/t9-/m1/s1. The molecule has 0 spiro atoms. The molecule has 0 bridgehead atoms. The number of carbonyl (C=O) groups is 1. The summed E-state index contributed by atoms with van der Waals surface area (Å²) in [5.41, 5.74) is 6.54. The van der Waals surface area contributed by atoms with Gasteiger partial charge in [-0.3, -0.25) is 9.89 Å². The first kappa shape index (κ1) is 18.6. The molecule has 1 amide bonds. The Morgan fingerprint density at radius 1 is 1.32 bits per heavy atom. The van der Waals surface area contributed by atoms with Gasteiger partial charge in [0.25, 0.3) is 5.91 Å². The molecule has 3 N–H and O–H groups in total. The molecule has 1 aromatic carbocycles. The van der Waals surface area contributed by atoms with Crippen LogP contribution in [-0.4, -0.2) is 33.6 Å². The van der Waals surface area contributed by atoms with Crippen molar-refractivity contribution in [1.29, 1.82) is 0 Å². The van der Waals surface area contributed by atoms with Gasteiger partial charge in [-0.2, -0.15) is 18.3 Å². The van der Waals surface area contributed by atoms with Crippen molar-refractivity contribution in [3.05, 3.63) is 58.0 Å². The number of anilines is 1. The number of carbonyl (C=O) groups excluding carboxylic acids is 1. The molecule has 0 fully saturated rings. The average Bonchev–Trinajstić information content (AvgIpc) is 3.30. The molecule has 0 saturated heterocycles. The van der Waals surface area contributed by atoms with Gasteiger partial charge in [-0.1, -0.05) is 17.7 Å². The Bertz CT molecular complexity index is 943. The number of aromatic amines is 1. The number of nitrogens with one attached hydrogen (secondary N) is 3. The maximum atomic E-state index is 13.1. The van der Waals surface area contributed by atoms with Crippen LogP contribution in [0.5, 0.6) is 0 Å². The molecule has 2 aliphatic heterocycles. The van der Waals surface area contributed by atoms with Gasteiger partial charge in [0.05, 0.1) is 39.8 Å². The Kier molecular flexibility index (Phi) is 4.47. The molecule has 3 heterocycles. The highest BCUT2D eigenvalue weighted by Gasteiger charge is 2.39. The summed E-state index contributed by atoms with van der Waals surface area (Å²) >= 11 is 5.93. The molecule has 0 unspecified atom stereocenters. The number of aromatic nitrogens is 2. The Hall–Kier alpha value is -2.72. The molecule has 1 atom stereocenters. The number of rotatable bonds is 2. The van der Waals surface area contributed by atoms with Crippen molar-refractivity contribution in [2.45, 2.75) is 25.6 Å². The second-order valence-corrected chi connectivity index (χ2v) is 6.84. The van der Waals surface area contributed by atoms with E-state index in [0.29, 0.717) is 13.0 Å². The number of alkyl halides is 3. The molecular formula is C17H16ClF3N6O. The van der Waals surface area contributed by atoms with E-state index in [1.807, 2.05) is 0 Å². The summed E-state index contributed by atoms with van der Waals surface area (Å²) in [4.78, 5) is 14.5. The van der Waals surface area contributed by atoms with Gasteiger partial charge in [0.2, 0.25) is 0 Å². The van der Waals surface area contributed by atoms with Crippen molar-refractivity contribution in [3.63, 3.8) is 0 Å². The van der Waals surface area contributed by atoms with Crippen LogP contribution in [-0.2, 0) is 6.18 Å². The first-order valence-electron chi connectivity index (χ1n) is 8.50. The SMILES string of the molecule is C[C@@H]1C2=C(CCN1C(=O)c1cccc(C(F)(F)F)c1Cl)N(c1ccn[nH]1)NN2. The molecule has 0 aliphatic carbocycles. The van der Waals surface area contributed by atoms with Crippen molar-refractivity contribution in [2.75, 3.05) is 11.6 Å². The van der Waals surface area contributed by atoms with Crippen LogP contribution in [0, 0.1) is 0 Å². The van der Waals surface area contributed by atoms with Crippen LogP contribution in [0.15, 0.2) is 41.9 Å². The number of H-pyrrole nitrogens is 1. The largest absolute Gasteiger partial charge is 0.417 e. The van der Waals surface area contributed by atoms with Gasteiger partial charge >= 0.3 is 6.18 Å². The second kappa shape index (κ2) is 6.71. The van der Waals surface area contributed by atoms with Crippen LogP contribution in [0.3, 0.4) is 0 Å². The minimum Gasteiger partial charge on any atom is -0.330 e. The zero-order valence-corrected chi connectivity index (χ0v) is 15.4. The molecule has 4 rings (SSSR count). The third kappa shape index (κ3) is 2.98. The molecular weight excluding hydrogens is 397 g/mol. The molecule has 2 aromatic rings. The fourth-order valence-electron chi connectivity index (χ4n) is 3.47. The predicted octanol–water partition coefficient (Wildman–Crippen LogP) is 3.06. The summed E-state index contributed by atoms with van der Waals surface area (Å²) in [5, 5.41) is 7.97. The average molecular weight is 413 g/mol. The number of benzene rings is 1. The minimum absolute atomic E-state index is 0.163. The number of hydrogen-bond acceptors (Lipinski definition) is 5. The van der Waals surface area contributed by atoms with E-state index in [-0.39, 0.29) is 11.6 Å². The van der Waals surface area contributed by atoms with Crippen LogP contribution in [0.4, 0.5) is 19.0 Å². The Morgan fingerprint density at radius 2 is 2.11 bits per heavy atom. The zero-order chi connectivity index (χ0) is 20.1. The molecule has 0 saturated carbocycles. The van der Waals surface area contributed by atoms with Gasteiger partial charge in [0, 0.05) is 19.0 Å². The summed E-state index contributed by atoms with van der Waals surface area (Å²) in [6, 6.07) is 4.77. The molecule has 28 heavy (non-hydrogen) atoms. The fourth-order valence-corrected chi connectivity index (χ4v) is 3.78. The monoisotopic (exact) mass is 412 g/mol. The van der Waals surface area contributed by atoms with Crippen LogP contribution in [0.25, 0.3) is 0 Å². The van der Waals surface area contributed by atoms with Crippen LogP contribution < -0.4 is 16.0 Å². The molecule has 148 valence electrons. The number of nitrogens with zero attached hydrogens (tertiary/aromatic N) is 3. The quantitative estimate of drug-likeness (QED) is 0.707. The van der Waals surface area contributed by atoms with Gasteiger partial charge in [-0.05, 0) is 19.1 Å². The maximum Gasteiger partial charge on any atom is 0.417 e. The lowest BCUT2D eigenvalue weighted by Crippen LogP contribution is -2.46. The van der Waals surface area contributed by atoms with E-state index >= 15 is 0 Å². The number of hydrazine groups is 2. The lowest BCUT2D eigenvalue weighted by Gasteiger charge is -2.35. The van der Waals surface area contributed by atoms with Gasteiger partial charge in [0.15, 0.2) is 0 Å². The van der Waals surface area contributed by atoms with Crippen LogP contribution in [0.1, 0.15) is 29.3 Å². The van der Waals surface area contributed by atoms with Crippen molar-refractivity contribution in [1.82, 2.24) is 26.1 Å². The van der Waals surface area contributed by atoms with E-state index in [0.717, 1.165) is 23.3 Å². The first-order valence-corrected chi connectivity index (χ1v) is 8.87. The Morgan fingerprint density at radius 3 is 2.79 bits per heavy atom. The topological polar surface area (TPSA) is 76.3 Å². The molecule has 11 heteroatoms. The van der Waals surface area contributed by atoms with E-state index in [9.17, 15) is 18.0 Å². The molecule has 7 nitrogen and oxygen atoms in total. The van der Waals surface area contributed by atoms with E-state index in [1.165, 1.54) is 17.0 Å². The van der Waals surface area contributed by atoms with E-state index in [2.05, 4.69) is 21.2 Å².